The SMILES string of the molecule is CCCCCCCCO[C@H]1O[C@H](CO[Si](c2ccccc2)(c2ccccc2)C(C)(C)C)[C@@H](O[C@H]2O[C@H](CO[Si](c3ccccc3)(c3ccccc3)C(C)(C)C)[C@@H](OCc3ccccc3)[C@@H]2OC(=O)c2ccccc2)[C@@H]1OC(=O)c1ccccc1. The molecular formula is C71H84O11Si2. The van der Waals surface area contributed by atoms with E-state index in [1.165, 1.54) is 6.42 Å². The molecule has 9 rings (SSSR count). The fourth-order valence-electron chi connectivity index (χ4n) is 12.0. The minimum Gasteiger partial charge on any atom is -0.450 e. The lowest BCUT2D eigenvalue weighted by molar-refractivity contribution is -0.215. The van der Waals surface area contributed by atoms with Crippen LogP contribution in [0.2, 0.25) is 10.1 Å². The highest BCUT2D eigenvalue weighted by Crippen LogP contribution is 2.42. The Morgan fingerprint density at radius 3 is 1.19 bits per heavy atom. The summed E-state index contributed by atoms with van der Waals surface area (Å²) in [5.41, 5.74) is 1.59. The maximum Gasteiger partial charge on any atom is 0.338 e. The number of carbonyl (C=O) groups is 2. The highest BCUT2D eigenvalue weighted by Gasteiger charge is 2.58. The smallest absolute Gasteiger partial charge is 0.338 e. The molecule has 0 aliphatic carbocycles. The number of ether oxygens (including phenoxy) is 7. The molecular weight excluding hydrogens is 1080 g/mol. The van der Waals surface area contributed by atoms with Gasteiger partial charge in [0.25, 0.3) is 16.6 Å². The first kappa shape index (κ1) is 62.2. The molecule has 0 saturated carbocycles. The number of carbonyl (C=O) groups excluding carboxylic acids is 2. The van der Waals surface area contributed by atoms with Crippen LogP contribution in [0.5, 0.6) is 0 Å². The molecule has 0 N–H and O–H groups in total. The summed E-state index contributed by atoms with van der Waals surface area (Å²) in [5, 5.41) is 3.55. The molecule has 8 atom stereocenters. The molecule has 11 nitrogen and oxygen atoms in total. The minimum absolute atomic E-state index is 0.00370. The highest BCUT2D eigenvalue weighted by molar-refractivity contribution is 7.00. The summed E-state index contributed by atoms with van der Waals surface area (Å²) in [6, 6.07) is 69.3. The molecule has 2 fully saturated rings. The van der Waals surface area contributed by atoms with Gasteiger partial charge in [0.15, 0.2) is 24.8 Å². The van der Waals surface area contributed by atoms with Crippen molar-refractivity contribution in [2.45, 2.75) is 153 Å². The van der Waals surface area contributed by atoms with Crippen molar-refractivity contribution in [2.75, 3.05) is 19.8 Å². The first-order chi connectivity index (χ1) is 40.7. The summed E-state index contributed by atoms with van der Waals surface area (Å²) in [7, 11) is -6.42. The summed E-state index contributed by atoms with van der Waals surface area (Å²) in [6.45, 7) is 16.1. The van der Waals surface area contributed by atoms with E-state index in [2.05, 4.69) is 146 Å². The summed E-state index contributed by atoms with van der Waals surface area (Å²) in [5.74, 6) is -1.18. The van der Waals surface area contributed by atoms with Crippen molar-refractivity contribution >= 4 is 49.3 Å². The van der Waals surface area contributed by atoms with Gasteiger partial charge in [-0.25, -0.2) is 9.59 Å². The van der Waals surface area contributed by atoms with Crippen molar-refractivity contribution in [3.63, 3.8) is 0 Å². The zero-order chi connectivity index (χ0) is 59.0. The van der Waals surface area contributed by atoms with Crippen LogP contribution in [-0.2, 0) is 48.6 Å². The Balaban J connectivity index is 1.15. The Labute approximate surface area is 500 Å². The zero-order valence-electron chi connectivity index (χ0n) is 49.9. The number of rotatable bonds is 27. The molecule has 2 aliphatic heterocycles. The van der Waals surface area contributed by atoms with Crippen molar-refractivity contribution in [3.05, 3.63) is 229 Å². The number of unbranched alkanes of at least 4 members (excludes halogenated alkanes) is 5. The van der Waals surface area contributed by atoms with E-state index in [0.29, 0.717) is 17.7 Å². The molecule has 0 radical (unpaired) electrons. The van der Waals surface area contributed by atoms with Gasteiger partial charge < -0.3 is 42.0 Å². The van der Waals surface area contributed by atoms with E-state index in [-0.39, 0.29) is 24.9 Å². The van der Waals surface area contributed by atoms with E-state index in [1.54, 1.807) is 48.5 Å². The molecule has 0 aromatic heterocycles. The predicted octanol–water partition coefficient (Wildman–Crippen LogP) is 12.4. The van der Waals surface area contributed by atoms with E-state index >= 15 is 0 Å². The Kier molecular flexibility index (Phi) is 21.6. The largest absolute Gasteiger partial charge is 0.450 e. The van der Waals surface area contributed by atoms with E-state index in [0.717, 1.165) is 58.4 Å². The molecule has 2 aliphatic rings. The molecule has 0 amide bonds. The van der Waals surface area contributed by atoms with Crippen molar-refractivity contribution in [3.8, 4) is 0 Å². The number of benzene rings is 7. The van der Waals surface area contributed by atoms with Gasteiger partial charge in [0.05, 0.1) is 30.9 Å². The van der Waals surface area contributed by atoms with Crippen LogP contribution in [0.25, 0.3) is 0 Å². The van der Waals surface area contributed by atoms with Crippen LogP contribution in [0, 0.1) is 0 Å². The Morgan fingerprint density at radius 1 is 0.417 bits per heavy atom. The number of esters is 2. The molecule has 2 heterocycles. The molecule has 442 valence electrons. The topological polar surface area (TPSA) is 117 Å². The van der Waals surface area contributed by atoms with Gasteiger partial charge in [-0.15, -0.1) is 0 Å². The quantitative estimate of drug-likeness (QED) is 0.0278. The van der Waals surface area contributed by atoms with Crippen molar-refractivity contribution in [2.24, 2.45) is 0 Å². The van der Waals surface area contributed by atoms with Gasteiger partial charge in [-0.2, -0.15) is 0 Å². The van der Waals surface area contributed by atoms with Crippen molar-refractivity contribution < 1.29 is 51.6 Å². The van der Waals surface area contributed by atoms with Gasteiger partial charge in [-0.3, -0.25) is 0 Å². The van der Waals surface area contributed by atoms with Gasteiger partial charge in [0.1, 0.15) is 24.4 Å². The molecule has 0 unspecified atom stereocenters. The van der Waals surface area contributed by atoms with E-state index in [1.807, 2.05) is 66.7 Å². The average molecular weight is 1170 g/mol. The lowest BCUT2D eigenvalue weighted by Gasteiger charge is -2.43. The van der Waals surface area contributed by atoms with Crippen LogP contribution < -0.4 is 20.7 Å². The summed E-state index contributed by atoms with van der Waals surface area (Å²) in [6.07, 6.45) is -2.33. The second-order valence-corrected chi connectivity index (χ2v) is 32.6. The third-order valence-electron chi connectivity index (χ3n) is 16.2. The van der Waals surface area contributed by atoms with Gasteiger partial charge in [-0.1, -0.05) is 269 Å². The highest BCUT2D eigenvalue weighted by atomic mass is 28.4. The van der Waals surface area contributed by atoms with E-state index in [4.69, 9.17) is 42.0 Å². The fraction of sp³-hybridized carbons (Fsp3) is 0.380. The van der Waals surface area contributed by atoms with Gasteiger partial charge in [0, 0.05) is 6.61 Å². The van der Waals surface area contributed by atoms with Crippen LogP contribution in [0.15, 0.2) is 212 Å². The first-order valence-electron chi connectivity index (χ1n) is 30.0. The van der Waals surface area contributed by atoms with Gasteiger partial charge in [-0.05, 0) is 67.1 Å². The van der Waals surface area contributed by atoms with Crippen molar-refractivity contribution in [1.82, 2.24) is 0 Å². The van der Waals surface area contributed by atoms with Crippen molar-refractivity contribution in [1.29, 1.82) is 0 Å². The normalized spacial score (nSPS) is 21.0. The fourth-order valence-corrected chi connectivity index (χ4v) is 21.1. The minimum atomic E-state index is -3.22. The average Bonchev–Trinajstić information content (AvgIpc) is 1.39. The summed E-state index contributed by atoms with van der Waals surface area (Å²) < 4.78 is 64.2. The summed E-state index contributed by atoms with van der Waals surface area (Å²) >= 11 is 0. The third-order valence-corrected chi connectivity index (χ3v) is 26.2. The second kappa shape index (κ2) is 29.1. The van der Waals surface area contributed by atoms with E-state index in [9.17, 15) is 9.59 Å². The maximum atomic E-state index is 14.7. The molecule has 7 aromatic carbocycles. The van der Waals surface area contributed by atoms with Crippen LogP contribution >= 0.6 is 0 Å². The molecule has 84 heavy (non-hydrogen) atoms. The standard InChI is InChI=1S/C71H84O11Si2/c1-8-9-10-11-12-34-49-74-68-65(81-67(73)55-39-24-15-25-40-55)63(61(78-68)52-77-84(71(5,6)7,58-45-30-18-31-46-58)59-47-32-19-33-48-59)82-69-64(80-66(72)54-37-22-14-23-38-54)62(75-50-53-35-20-13-21-36-53)60(79-69)51-76-83(70(2,3)4,56-41-26-16-27-42-56)57-43-28-17-29-44-57/h13-33,35-48,60-65,68-69H,8-12,34,49-52H2,1-7H3/t60-,61-,62-,63-,64+,65+,68+,69-/m1/s1. The molecule has 0 spiro atoms. The Morgan fingerprint density at radius 2 is 0.774 bits per heavy atom. The van der Waals surface area contributed by atoms with E-state index < -0.39 is 82.8 Å². The second-order valence-electron chi connectivity index (χ2n) is 24.0. The van der Waals surface area contributed by atoms with Crippen LogP contribution in [-0.4, -0.2) is 97.6 Å². The van der Waals surface area contributed by atoms with Gasteiger partial charge in [0.2, 0.25) is 0 Å². The Bertz CT molecular complexity index is 2990. The lowest BCUT2D eigenvalue weighted by Crippen LogP contribution is -2.67. The molecule has 13 heteroatoms. The van der Waals surface area contributed by atoms with Crippen LogP contribution in [0.1, 0.15) is 113 Å². The Hall–Kier alpha value is -6.37. The third kappa shape index (κ3) is 14.6. The monoisotopic (exact) mass is 1170 g/mol. The first-order valence-corrected chi connectivity index (χ1v) is 33.8. The van der Waals surface area contributed by atoms with Gasteiger partial charge >= 0.3 is 11.9 Å². The maximum absolute atomic E-state index is 14.7. The lowest BCUT2D eigenvalue weighted by atomic mass is 10.1. The number of hydrogen-bond donors (Lipinski definition) is 0. The molecule has 0 bridgehead atoms. The van der Waals surface area contributed by atoms with Crippen LogP contribution in [0.4, 0.5) is 0 Å². The predicted molar refractivity (Wildman–Crippen MR) is 335 cm³/mol. The molecule has 2 saturated heterocycles. The number of hydrogen-bond acceptors (Lipinski definition) is 11. The van der Waals surface area contributed by atoms with Crippen LogP contribution in [0.3, 0.4) is 0 Å². The summed E-state index contributed by atoms with van der Waals surface area (Å²) in [4.78, 5) is 29.2. The zero-order valence-corrected chi connectivity index (χ0v) is 51.9. The molecule has 7 aromatic rings.